The summed E-state index contributed by atoms with van der Waals surface area (Å²) in [5.74, 6) is -0.236. The van der Waals surface area contributed by atoms with E-state index >= 15 is 0 Å². The number of hydrogen-bond acceptors (Lipinski definition) is 6. The van der Waals surface area contributed by atoms with Gasteiger partial charge in [-0.05, 0) is 60.5 Å². The zero-order valence-corrected chi connectivity index (χ0v) is 18.8. The van der Waals surface area contributed by atoms with Crippen LogP contribution >= 0.6 is 15.9 Å². The molecule has 1 atom stereocenters. The molecule has 1 aliphatic heterocycles. The molecule has 0 aliphatic carbocycles. The number of ether oxygens (including phenoxy) is 2. The fraction of sp³-hybridized carbons (Fsp3) is 0.400. The number of aryl methyl sites for hydroxylation is 1. The quantitative estimate of drug-likeness (QED) is 0.462. The highest BCUT2D eigenvalue weighted by atomic mass is 79.9. The second-order valence-electron chi connectivity index (χ2n) is 7.06. The molecule has 1 unspecified atom stereocenters. The van der Waals surface area contributed by atoms with Gasteiger partial charge in [0, 0.05) is 27.5 Å². The van der Waals surface area contributed by atoms with E-state index in [9.17, 15) is 18.0 Å². The molecule has 0 N–H and O–H groups in total. The fourth-order valence-corrected chi connectivity index (χ4v) is 5.78. The minimum absolute atomic E-state index is 0.0792. The van der Waals surface area contributed by atoms with Gasteiger partial charge in [0.05, 0.1) is 24.2 Å². The third-order valence-corrected chi connectivity index (χ3v) is 7.53. The van der Waals surface area contributed by atoms with E-state index in [1.165, 1.54) is 13.2 Å². The molecule has 3 rings (SSSR count). The minimum atomic E-state index is -3.04. The topological polar surface area (TPSA) is 91.7 Å². The van der Waals surface area contributed by atoms with Gasteiger partial charge in [-0.2, -0.15) is 0 Å². The van der Waals surface area contributed by atoms with Crippen LogP contribution in [-0.2, 0) is 14.6 Å². The van der Waals surface area contributed by atoms with Gasteiger partial charge in [0.15, 0.2) is 16.4 Å². The smallest absolute Gasteiger partial charge is 0.339 e. The van der Waals surface area contributed by atoms with Crippen LogP contribution in [0.25, 0.3) is 0 Å². The molecule has 1 aliphatic rings. The van der Waals surface area contributed by atoms with Crippen molar-refractivity contribution in [1.29, 1.82) is 0 Å². The highest BCUT2D eigenvalue weighted by Gasteiger charge is 2.31. The number of esters is 1. The number of aromatic nitrogens is 1. The predicted molar refractivity (Wildman–Crippen MR) is 112 cm³/mol. The number of Topliss-reactive ketones (excluding diaryl/α,β-unsaturated/α-hetero) is 1. The molecule has 7 nitrogen and oxygen atoms in total. The third kappa shape index (κ3) is 4.56. The average Bonchev–Trinajstić information content (AvgIpc) is 3.17. The van der Waals surface area contributed by atoms with Crippen molar-refractivity contribution in [2.75, 3.05) is 25.2 Å². The number of carbonyl (C=O) groups is 2. The number of halogens is 1. The van der Waals surface area contributed by atoms with E-state index in [-0.39, 0.29) is 28.9 Å². The van der Waals surface area contributed by atoms with E-state index in [1.54, 1.807) is 25.1 Å². The Hall–Kier alpha value is -2.13. The lowest BCUT2D eigenvalue weighted by molar-refractivity contribution is 0.0473. The average molecular weight is 484 g/mol. The minimum Gasteiger partial charge on any atom is -0.497 e. The van der Waals surface area contributed by atoms with Crippen LogP contribution in [-0.4, -0.2) is 50.0 Å². The van der Waals surface area contributed by atoms with Gasteiger partial charge in [-0.25, -0.2) is 13.2 Å². The molecule has 9 heteroatoms. The maximum absolute atomic E-state index is 12.7. The molecule has 1 aromatic heterocycles. The van der Waals surface area contributed by atoms with E-state index in [0.717, 1.165) is 5.69 Å². The molecule has 0 saturated carbocycles. The summed E-state index contributed by atoms with van der Waals surface area (Å²) in [6.45, 7) is 3.22. The van der Waals surface area contributed by atoms with E-state index in [1.807, 2.05) is 11.5 Å². The van der Waals surface area contributed by atoms with Gasteiger partial charge in [0.1, 0.15) is 5.75 Å². The van der Waals surface area contributed by atoms with Crippen molar-refractivity contribution in [3.63, 3.8) is 0 Å². The van der Waals surface area contributed by atoms with E-state index in [0.29, 0.717) is 27.9 Å². The Morgan fingerprint density at radius 3 is 2.55 bits per heavy atom. The Kier molecular flexibility index (Phi) is 6.19. The Morgan fingerprint density at radius 1 is 1.21 bits per heavy atom. The first-order valence-electron chi connectivity index (χ1n) is 9.05. The first-order chi connectivity index (χ1) is 13.6. The molecule has 29 heavy (non-hydrogen) atoms. The van der Waals surface area contributed by atoms with Gasteiger partial charge >= 0.3 is 5.97 Å². The largest absolute Gasteiger partial charge is 0.497 e. The zero-order valence-electron chi connectivity index (χ0n) is 16.4. The molecule has 156 valence electrons. The Balaban J connectivity index is 1.73. The number of benzene rings is 1. The number of hydrogen-bond donors (Lipinski definition) is 0. The van der Waals surface area contributed by atoms with Gasteiger partial charge in [-0.15, -0.1) is 0 Å². The van der Waals surface area contributed by atoms with Gasteiger partial charge in [-0.3, -0.25) is 4.79 Å². The lowest BCUT2D eigenvalue weighted by Crippen LogP contribution is -2.17. The molecule has 1 saturated heterocycles. The number of carbonyl (C=O) groups excluding carboxylic acids is 2. The van der Waals surface area contributed by atoms with E-state index in [4.69, 9.17) is 9.47 Å². The molecule has 0 amide bonds. The molecule has 2 aromatic rings. The van der Waals surface area contributed by atoms with Crippen molar-refractivity contribution in [2.24, 2.45) is 0 Å². The third-order valence-electron chi connectivity index (χ3n) is 5.09. The second kappa shape index (κ2) is 8.31. The molecule has 2 heterocycles. The number of ketones is 1. The van der Waals surface area contributed by atoms with Crippen molar-refractivity contribution >= 4 is 37.5 Å². The summed E-state index contributed by atoms with van der Waals surface area (Å²) in [7, 11) is -1.55. The highest BCUT2D eigenvalue weighted by Crippen LogP contribution is 2.29. The van der Waals surface area contributed by atoms with Crippen molar-refractivity contribution in [2.45, 2.75) is 26.3 Å². The molecule has 0 radical (unpaired) electrons. The Labute approximate surface area is 178 Å². The number of methoxy groups -OCH3 is 1. The highest BCUT2D eigenvalue weighted by molar-refractivity contribution is 9.10. The normalized spacial score (nSPS) is 17.9. The van der Waals surface area contributed by atoms with Crippen LogP contribution in [0.15, 0.2) is 28.7 Å². The van der Waals surface area contributed by atoms with Crippen LogP contribution < -0.4 is 4.74 Å². The zero-order chi connectivity index (χ0) is 21.3. The van der Waals surface area contributed by atoms with E-state index in [2.05, 4.69) is 15.9 Å². The Bertz CT molecular complexity index is 1070. The van der Waals surface area contributed by atoms with Crippen LogP contribution in [0.1, 0.15) is 44.6 Å². The standard InChI is InChI=1S/C20H22BrNO6S/c1-12-8-16(13(2)22(12)14-6-7-29(25,26)11-14)19(23)10-28-20(24)17-9-15(27-3)4-5-18(17)21/h4-5,8-9,14H,6-7,10-11H2,1-3H3. The summed E-state index contributed by atoms with van der Waals surface area (Å²) in [6, 6.07) is 6.45. The molecule has 0 spiro atoms. The fourth-order valence-electron chi connectivity index (χ4n) is 3.67. The molecule has 1 fully saturated rings. The van der Waals surface area contributed by atoms with Crippen molar-refractivity contribution in [3.8, 4) is 5.75 Å². The lowest BCUT2D eigenvalue weighted by Gasteiger charge is -2.16. The molecular formula is C20H22BrNO6S. The molecule has 0 bridgehead atoms. The van der Waals surface area contributed by atoms with Gasteiger partial charge in [0.25, 0.3) is 0 Å². The van der Waals surface area contributed by atoms with Crippen LogP contribution in [0, 0.1) is 13.8 Å². The number of sulfone groups is 1. The SMILES string of the molecule is COc1ccc(Br)c(C(=O)OCC(=O)c2cc(C)n(C3CCS(=O)(=O)C3)c2C)c1. The van der Waals surface area contributed by atoms with Crippen LogP contribution in [0.4, 0.5) is 0 Å². The first kappa shape index (κ1) is 21.6. The van der Waals surface area contributed by atoms with Gasteiger partial charge in [0.2, 0.25) is 5.78 Å². The van der Waals surface area contributed by atoms with Crippen molar-refractivity contribution in [3.05, 3.63) is 51.3 Å². The van der Waals surface area contributed by atoms with Crippen molar-refractivity contribution in [1.82, 2.24) is 4.57 Å². The van der Waals surface area contributed by atoms with Crippen LogP contribution in [0.2, 0.25) is 0 Å². The second-order valence-corrected chi connectivity index (χ2v) is 10.1. The summed E-state index contributed by atoms with van der Waals surface area (Å²) >= 11 is 3.29. The van der Waals surface area contributed by atoms with Gasteiger partial charge in [-0.1, -0.05) is 0 Å². The summed E-state index contributed by atoms with van der Waals surface area (Å²) in [5.41, 5.74) is 2.20. The predicted octanol–water partition coefficient (Wildman–Crippen LogP) is 3.28. The summed E-state index contributed by atoms with van der Waals surface area (Å²) in [5, 5.41) is 0. The maximum atomic E-state index is 12.7. The lowest BCUT2D eigenvalue weighted by atomic mass is 10.1. The number of nitrogens with zero attached hydrogens (tertiary/aromatic N) is 1. The summed E-state index contributed by atoms with van der Waals surface area (Å²) in [6.07, 6.45) is 0.533. The summed E-state index contributed by atoms with van der Waals surface area (Å²) in [4.78, 5) is 25.0. The van der Waals surface area contributed by atoms with Crippen molar-refractivity contribution < 1.29 is 27.5 Å². The van der Waals surface area contributed by atoms with Crippen LogP contribution in [0.3, 0.4) is 0 Å². The number of rotatable bonds is 6. The monoisotopic (exact) mass is 483 g/mol. The van der Waals surface area contributed by atoms with Gasteiger partial charge < -0.3 is 14.0 Å². The summed E-state index contributed by atoms with van der Waals surface area (Å²) < 4.78 is 36.4. The maximum Gasteiger partial charge on any atom is 0.339 e. The molecular weight excluding hydrogens is 462 g/mol. The van der Waals surface area contributed by atoms with Crippen LogP contribution in [0.5, 0.6) is 5.75 Å². The Morgan fingerprint density at radius 2 is 1.93 bits per heavy atom. The molecule has 1 aromatic carbocycles. The van der Waals surface area contributed by atoms with E-state index < -0.39 is 22.4 Å². The first-order valence-corrected chi connectivity index (χ1v) is 11.7.